The van der Waals surface area contributed by atoms with Crippen molar-refractivity contribution in [2.45, 2.75) is 13.3 Å². The molecule has 1 aliphatic rings. The summed E-state index contributed by atoms with van der Waals surface area (Å²) in [7, 11) is 1.62. The lowest BCUT2D eigenvalue weighted by molar-refractivity contribution is 0.318. The first-order valence-corrected chi connectivity index (χ1v) is 7.61. The number of hydrogen-bond acceptors (Lipinski definition) is 6. The molecule has 0 saturated heterocycles. The van der Waals surface area contributed by atoms with Crippen LogP contribution < -0.4 is 20.1 Å². The summed E-state index contributed by atoms with van der Waals surface area (Å²) in [5.41, 5.74) is 6.90. The summed E-state index contributed by atoms with van der Waals surface area (Å²) in [6.07, 6.45) is 8.79. The van der Waals surface area contributed by atoms with Crippen LogP contribution in [0.4, 0.5) is 11.8 Å². The first kappa shape index (κ1) is 15.1. The van der Waals surface area contributed by atoms with Gasteiger partial charge in [-0.1, -0.05) is 19.1 Å². The molecule has 1 aliphatic heterocycles. The highest BCUT2D eigenvalue weighted by atomic mass is 16.5. The van der Waals surface area contributed by atoms with E-state index in [0.29, 0.717) is 41.9 Å². The van der Waals surface area contributed by atoms with Gasteiger partial charge in [-0.2, -0.15) is 4.98 Å². The molecular weight excluding hydrogens is 292 g/mol. The lowest BCUT2D eigenvalue weighted by Gasteiger charge is -2.20. The van der Waals surface area contributed by atoms with Crippen molar-refractivity contribution in [3.8, 4) is 11.5 Å². The van der Waals surface area contributed by atoms with Crippen LogP contribution in [0.5, 0.6) is 11.5 Å². The molecule has 3 rings (SSSR count). The zero-order valence-corrected chi connectivity index (χ0v) is 13.3. The van der Waals surface area contributed by atoms with Gasteiger partial charge >= 0.3 is 0 Å². The Bertz CT molecular complexity index is 771. The Balaban J connectivity index is 2.11. The van der Waals surface area contributed by atoms with Crippen molar-refractivity contribution in [2.24, 2.45) is 0 Å². The Labute approximate surface area is 135 Å². The molecule has 1 aromatic carbocycles. The third-order valence-electron chi connectivity index (χ3n) is 3.52. The maximum Gasteiger partial charge on any atom is 0.232 e. The van der Waals surface area contributed by atoms with E-state index in [9.17, 15) is 0 Å². The number of methoxy groups -OCH3 is 1. The van der Waals surface area contributed by atoms with Crippen LogP contribution in [0, 0.1) is 0 Å². The number of aromatic nitrogens is 2. The van der Waals surface area contributed by atoms with Crippen LogP contribution in [-0.4, -0.2) is 30.2 Å². The van der Waals surface area contributed by atoms with Crippen molar-refractivity contribution in [2.75, 3.05) is 30.9 Å². The number of nitrogens with zero attached hydrogens (tertiary/aromatic N) is 3. The smallest absolute Gasteiger partial charge is 0.232 e. The molecule has 0 fully saturated rings. The molecule has 0 amide bonds. The van der Waals surface area contributed by atoms with Crippen molar-refractivity contribution in [1.29, 1.82) is 0 Å². The van der Waals surface area contributed by atoms with E-state index in [4.69, 9.17) is 15.2 Å². The van der Waals surface area contributed by atoms with Crippen LogP contribution in [-0.2, 0) is 0 Å². The first-order chi connectivity index (χ1) is 11.2. The van der Waals surface area contributed by atoms with Gasteiger partial charge in [-0.05, 0) is 12.5 Å². The summed E-state index contributed by atoms with van der Waals surface area (Å²) in [4.78, 5) is 11.0. The molecule has 2 N–H and O–H groups in total. The minimum absolute atomic E-state index is 0.404. The molecule has 0 unspecified atom stereocenters. The summed E-state index contributed by atoms with van der Waals surface area (Å²) >= 11 is 0. The number of fused-ring (bicyclic) bond motifs is 1. The minimum Gasteiger partial charge on any atom is -0.497 e. The van der Waals surface area contributed by atoms with Crippen LogP contribution in [0.2, 0.25) is 0 Å². The van der Waals surface area contributed by atoms with Gasteiger partial charge < -0.3 is 20.1 Å². The molecule has 0 radical (unpaired) electrons. The topological polar surface area (TPSA) is 73.5 Å². The number of nitrogens with two attached hydrogens (primary N) is 1. The number of benzene rings is 1. The fraction of sp³-hybridized carbons (Fsp3) is 0.294. The standard InChI is InChI=1S/C17H20N4O2/c1-3-9-23-14-11-12(22-2)10-13-15(14)16(18)20-17(19-13)21-7-5-4-6-8-21/h4-7,10-11H,3,8-9H2,1-2H3,(H2,18,19,20). The second kappa shape index (κ2) is 6.56. The van der Waals surface area contributed by atoms with Crippen LogP contribution in [0.3, 0.4) is 0 Å². The molecule has 0 atom stereocenters. The fourth-order valence-corrected chi connectivity index (χ4v) is 2.41. The highest BCUT2D eigenvalue weighted by Crippen LogP contribution is 2.34. The van der Waals surface area contributed by atoms with Crippen LogP contribution in [0.25, 0.3) is 10.9 Å². The van der Waals surface area contributed by atoms with E-state index in [0.717, 1.165) is 11.8 Å². The van der Waals surface area contributed by atoms with Crippen LogP contribution in [0.1, 0.15) is 13.3 Å². The predicted octanol–water partition coefficient (Wildman–Crippen LogP) is 2.90. The molecule has 120 valence electrons. The maximum absolute atomic E-state index is 6.19. The molecule has 2 aromatic rings. The number of allylic oxidation sites excluding steroid dienone is 2. The van der Waals surface area contributed by atoms with Gasteiger partial charge in [0.1, 0.15) is 17.3 Å². The van der Waals surface area contributed by atoms with E-state index >= 15 is 0 Å². The van der Waals surface area contributed by atoms with Crippen LogP contribution >= 0.6 is 0 Å². The summed E-state index contributed by atoms with van der Waals surface area (Å²) in [5, 5.41) is 0.722. The number of nitrogen functional groups attached to an aromatic ring is 1. The van der Waals surface area contributed by atoms with Gasteiger partial charge in [0.05, 0.1) is 24.6 Å². The fourth-order valence-electron chi connectivity index (χ4n) is 2.41. The monoisotopic (exact) mass is 312 g/mol. The van der Waals surface area contributed by atoms with Crippen molar-refractivity contribution in [1.82, 2.24) is 9.97 Å². The molecular formula is C17H20N4O2. The van der Waals surface area contributed by atoms with Gasteiger partial charge in [-0.25, -0.2) is 4.98 Å². The Morgan fingerprint density at radius 3 is 2.83 bits per heavy atom. The lowest BCUT2D eigenvalue weighted by atomic mass is 10.2. The van der Waals surface area contributed by atoms with Crippen molar-refractivity contribution < 1.29 is 9.47 Å². The molecule has 0 bridgehead atoms. The second-order valence-electron chi connectivity index (χ2n) is 5.20. The van der Waals surface area contributed by atoms with E-state index in [1.54, 1.807) is 7.11 Å². The highest BCUT2D eigenvalue weighted by molar-refractivity contribution is 5.95. The largest absolute Gasteiger partial charge is 0.497 e. The molecule has 6 heteroatoms. The molecule has 6 nitrogen and oxygen atoms in total. The molecule has 23 heavy (non-hydrogen) atoms. The normalized spacial score (nSPS) is 13.6. The summed E-state index contributed by atoms with van der Waals surface area (Å²) < 4.78 is 11.1. The zero-order valence-electron chi connectivity index (χ0n) is 13.3. The van der Waals surface area contributed by atoms with E-state index in [2.05, 4.69) is 16.9 Å². The third kappa shape index (κ3) is 3.06. The SMILES string of the molecule is CCCOc1cc(OC)cc2nc(N3C=CC=CC3)nc(N)c12. The average Bonchev–Trinajstić information content (AvgIpc) is 2.59. The molecule has 0 spiro atoms. The highest BCUT2D eigenvalue weighted by Gasteiger charge is 2.16. The summed E-state index contributed by atoms with van der Waals surface area (Å²) in [6, 6.07) is 3.67. The Hall–Kier alpha value is -2.76. The Morgan fingerprint density at radius 1 is 1.26 bits per heavy atom. The number of rotatable bonds is 5. The van der Waals surface area contributed by atoms with E-state index < -0.39 is 0 Å². The Morgan fingerprint density at radius 2 is 2.13 bits per heavy atom. The van der Waals surface area contributed by atoms with Gasteiger partial charge in [-0.15, -0.1) is 0 Å². The number of hydrogen-bond donors (Lipinski definition) is 1. The van der Waals surface area contributed by atoms with E-state index in [1.807, 2.05) is 41.5 Å². The van der Waals surface area contributed by atoms with Crippen molar-refractivity contribution in [3.63, 3.8) is 0 Å². The number of anilines is 2. The van der Waals surface area contributed by atoms with E-state index in [1.165, 1.54) is 0 Å². The van der Waals surface area contributed by atoms with Gasteiger partial charge in [0.2, 0.25) is 5.95 Å². The molecule has 1 aromatic heterocycles. The second-order valence-corrected chi connectivity index (χ2v) is 5.20. The third-order valence-corrected chi connectivity index (χ3v) is 3.52. The van der Waals surface area contributed by atoms with E-state index in [-0.39, 0.29) is 0 Å². The number of ether oxygens (including phenoxy) is 2. The van der Waals surface area contributed by atoms with Crippen molar-refractivity contribution >= 4 is 22.7 Å². The Kier molecular flexibility index (Phi) is 4.32. The van der Waals surface area contributed by atoms with Crippen LogP contribution in [0.15, 0.2) is 36.6 Å². The predicted molar refractivity (Wildman–Crippen MR) is 91.9 cm³/mol. The van der Waals surface area contributed by atoms with Gasteiger partial charge in [0.25, 0.3) is 0 Å². The average molecular weight is 312 g/mol. The van der Waals surface area contributed by atoms with Gasteiger partial charge in [0, 0.05) is 24.9 Å². The molecule has 2 heterocycles. The first-order valence-electron chi connectivity index (χ1n) is 7.61. The maximum atomic E-state index is 6.19. The lowest BCUT2D eigenvalue weighted by Crippen LogP contribution is -2.20. The van der Waals surface area contributed by atoms with Gasteiger partial charge in [-0.3, -0.25) is 0 Å². The van der Waals surface area contributed by atoms with Gasteiger partial charge in [0.15, 0.2) is 0 Å². The summed E-state index contributed by atoms with van der Waals surface area (Å²) in [5.74, 6) is 2.30. The zero-order chi connectivity index (χ0) is 16.2. The van der Waals surface area contributed by atoms with Crippen molar-refractivity contribution in [3.05, 3.63) is 36.6 Å². The molecule has 0 aliphatic carbocycles. The quantitative estimate of drug-likeness (QED) is 0.915. The molecule has 0 saturated carbocycles. The summed E-state index contributed by atoms with van der Waals surface area (Å²) in [6.45, 7) is 3.37. The minimum atomic E-state index is 0.404.